The van der Waals surface area contributed by atoms with E-state index >= 15 is 0 Å². The van der Waals surface area contributed by atoms with E-state index in [0.717, 1.165) is 19.4 Å². The molecular formula is C10H19Cl2N2OP. The lowest BCUT2D eigenvalue weighted by Gasteiger charge is -2.31. The zero-order valence-corrected chi connectivity index (χ0v) is 11.8. The predicted molar refractivity (Wildman–Crippen MR) is 69.8 cm³/mol. The van der Waals surface area contributed by atoms with Gasteiger partial charge in [0.15, 0.2) is 0 Å². The van der Waals surface area contributed by atoms with Gasteiger partial charge in [-0.2, -0.15) is 0 Å². The summed E-state index contributed by atoms with van der Waals surface area (Å²) in [5.41, 5.74) is 0.362. The van der Waals surface area contributed by atoms with E-state index in [1.165, 1.54) is 6.42 Å². The summed E-state index contributed by atoms with van der Waals surface area (Å²) >= 11 is 11.6. The minimum atomic E-state index is -2.40. The third-order valence-corrected chi connectivity index (χ3v) is 7.32. The Labute approximate surface area is 107 Å². The highest BCUT2D eigenvalue weighted by Gasteiger charge is 2.53. The summed E-state index contributed by atoms with van der Waals surface area (Å²) in [5, 5.41) is 3.28. The van der Waals surface area contributed by atoms with Gasteiger partial charge >= 0.3 is 0 Å². The van der Waals surface area contributed by atoms with E-state index in [4.69, 9.17) is 23.2 Å². The third kappa shape index (κ3) is 2.59. The lowest BCUT2D eigenvalue weighted by Crippen LogP contribution is -2.33. The number of alkyl halides is 2. The van der Waals surface area contributed by atoms with E-state index in [2.05, 4.69) is 5.09 Å². The van der Waals surface area contributed by atoms with Gasteiger partial charge in [-0.25, -0.2) is 4.67 Å². The van der Waals surface area contributed by atoms with Crippen molar-refractivity contribution in [3.05, 3.63) is 0 Å². The molecule has 3 nitrogen and oxygen atoms in total. The maximum absolute atomic E-state index is 13.0. The second kappa shape index (κ2) is 5.58. The van der Waals surface area contributed by atoms with Gasteiger partial charge in [0.1, 0.15) is 0 Å². The van der Waals surface area contributed by atoms with Gasteiger partial charge in [-0.3, -0.25) is 9.65 Å². The van der Waals surface area contributed by atoms with Gasteiger partial charge < -0.3 is 0 Å². The molecule has 1 saturated carbocycles. The second-order valence-corrected chi connectivity index (χ2v) is 8.11. The Morgan fingerprint density at radius 2 is 2.00 bits per heavy atom. The van der Waals surface area contributed by atoms with E-state index in [-0.39, 0.29) is 0 Å². The predicted octanol–water partition coefficient (Wildman–Crippen LogP) is 2.73. The molecule has 0 aromatic heterocycles. The van der Waals surface area contributed by atoms with Crippen LogP contribution in [0.15, 0.2) is 0 Å². The van der Waals surface area contributed by atoms with Crippen LogP contribution in [0.5, 0.6) is 0 Å². The smallest absolute Gasteiger partial charge is 0.217 e. The van der Waals surface area contributed by atoms with Gasteiger partial charge in [0.25, 0.3) is 0 Å². The van der Waals surface area contributed by atoms with E-state index in [9.17, 15) is 4.57 Å². The lowest BCUT2D eigenvalue weighted by molar-refractivity contribution is 0.434. The highest BCUT2D eigenvalue weighted by Crippen LogP contribution is 2.65. The molecule has 1 unspecified atom stereocenters. The summed E-state index contributed by atoms with van der Waals surface area (Å²) < 4.78 is 15.0. The Balaban J connectivity index is 2.10. The molecule has 0 radical (unpaired) electrons. The Kier molecular flexibility index (Phi) is 4.59. The second-order valence-electron chi connectivity index (χ2n) is 4.57. The molecule has 0 bridgehead atoms. The number of nitrogens with one attached hydrogen (secondary N) is 1. The molecule has 0 spiro atoms. The summed E-state index contributed by atoms with van der Waals surface area (Å²) in [6.45, 7) is 2.20. The lowest BCUT2D eigenvalue weighted by atomic mass is 10.2. The molecule has 6 heteroatoms. The quantitative estimate of drug-likeness (QED) is 0.622. The highest BCUT2D eigenvalue weighted by molar-refractivity contribution is 7.60. The van der Waals surface area contributed by atoms with Crippen molar-refractivity contribution in [1.82, 2.24) is 9.76 Å². The van der Waals surface area contributed by atoms with Crippen LogP contribution < -0.4 is 5.09 Å². The Morgan fingerprint density at radius 1 is 1.31 bits per heavy atom. The first kappa shape index (κ1) is 13.2. The van der Waals surface area contributed by atoms with E-state index in [1.54, 1.807) is 0 Å². The van der Waals surface area contributed by atoms with Crippen molar-refractivity contribution in [2.75, 3.05) is 31.4 Å². The molecule has 2 fully saturated rings. The maximum atomic E-state index is 13.0. The van der Waals surface area contributed by atoms with Crippen LogP contribution in [-0.2, 0) is 4.57 Å². The van der Waals surface area contributed by atoms with E-state index < -0.39 is 7.44 Å². The van der Waals surface area contributed by atoms with Gasteiger partial charge in [0, 0.05) is 37.1 Å². The molecule has 2 aliphatic rings. The number of nitrogens with zero attached hydrogens (tertiary/aromatic N) is 1. The fourth-order valence-electron chi connectivity index (χ4n) is 2.61. The van der Waals surface area contributed by atoms with Crippen molar-refractivity contribution in [3.8, 4) is 0 Å². The third-order valence-electron chi connectivity index (χ3n) is 3.53. The molecule has 1 aliphatic carbocycles. The van der Waals surface area contributed by atoms with Gasteiger partial charge in [0.05, 0.1) is 0 Å². The normalized spacial score (nSPS) is 38.2. The van der Waals surface area contributed by atoms with Crippen molar-refractivity contribution in [3.63, 3.8) is 0 Å². The first-order valence-electron chi connectivity index (χ1n) is 5.94. The summed E-state index contributed by atoms with van der Waals surface area (Å²) in [7, 11) is -2.40. The fourth-order valence-corrected chi connectivity index (χ4v) is 6.65. The van der Waals surface area contributed by atoms with Gasteiger partial charge in [-0.05, 0) is 25.2 Å². The molecule has 3 atom stereocenters. The standard InChI is InChI=1S/C10H19Cl2N2OP/c11-3-6-14(7-4-12)16(15)10-8-9(10)2-1-5-13-16/h9-10H,1-8H2,(H,13,15)/t9-,10+,16?/m0/s1. The van der Waals surface area contributed by atoms with Crippen molar-refractivity contribution in [1.29, 1.82) is 0 Å². The van der Waals surface area contributed by atoms with Crippen LogP contribution in [-0.4, -0.2) is 41.7 Å². The molecule has 0 aromatic carbocycles. The molecule has 1 heterocycles. The van der Waals surface area contributed by atoms with Crippen molar-refractivity contribution in [2.24, 2.45) is 5.92 Å². The minimum Gasteiger partial charge on any atom is -0.289 e. The van der Waals surface area contributed by atoms with Crippen LogP contribution in [0.25, 0.3) is 0 Å². The molecule has 1 aliphatic heterocycles. The van der Waals surface area contributed by atoms with Crippen LogP contribution in [0.1, 0.15) is 19.3 Å². The number of fused-ring (bicyclic) bond motifs is 1. The average molecular weight is 285 g/mol. The number of hydrogen-bond donors (Lipinski definition) is 1. The topological polar surface area (TPSA) is 32.3 Å². The van der Waals surface area contributed by atoms with Crippen LogP contribution in [0, 0.1) is 5.92 Å². The summed E-state index contributed by atoms with van der Waals surface area (Å²) in [4.78, 5) is 0. The van der Waals surface area contributed by atoms with Crippen molar-refractivity contribution in [2.45, 2.75) is 24.9 Å². The van der Waals surface area contributed by atoms with Gasteiger partial charge in [-0.15, -0.1) is 23.2 Å². The van der Waals surface area contributed by atoms with E-state index in [1.807, 2.05) is 4.67 Å². The fraction of sp³-hybridized carbons (Fsp3) is 1.00. The Morgan fingerprint density at radius 3 is 2.62 bits per heavy atom. The molecule has 94 valence electrons. The molecular weight excluding hydrogens is 266 g/mol. The van der Waals surface area contributed by atoms with Crippen LogP contribution in [0.2, 0.25) is 0 Å². The SMILES string of the molecule is O=P1(N(CCCl)CCCl)NCCC[C@H]2C[C@H]21. The summed E-state index contributed by atoms with van der Waals surface area (Å²) in [5.74, 6) is 1.70. The molecule has 0 amide bonds. The van der Waals surface area contributed by atoms with Crippen molar-refractivity contribution < 1.29 is 4.57 Å². The number of hydrogen-bond acceptors (Lipinski definition) is 1. The number of halogens is 2. The van der Waals surface area contributed by atoms with Gasteiger partial charge in [-0.1, -0.05) is 0 Å². The van der Waals surface area contributed by atoms with Crippen LogP contribution in [0.4, 0.5) is 0 Å². The Hall–Kier alpha value is 0.730. The molecule has 1 N–H and O–H groups in total. The molecule has 0 aromatic rings. The Bertz CT molecular complexity index is 284. The molecule has 2 rings (SSSR count). The van der Waals surface area contributed by atoms with E-state index in [0.29, 0.717) is 36.4 Å². The summed E-state index contributed by atoms with van der Waals surface area (Å²) in [6.07, 6.45) is 3.48. The number of rotatable bonds is 5. The maximum Gasteiger partial charge on any atom is 0.217 e. The average Bonchev–Trinajstić information content (AvgIpc) is 3.03. The highest BCUT2D eigenvalue weighted by atomic mass is 35.5. The monoisotopic (exact) mass is 284 g/mol. The molecule has 16 heavy (non-hydrogen) atoms. The van der Waals surface area contributed by atoms with Gasteiger partial charge in [0.2, 0.25) is 7.44 Å². The minimum absolute atomic E-state index is 0.362. The summed E-state index contributed by atoms with van der Waals surface area (Å²) in [6, 6.07) is 0. The van der Waals surface area contributed by atoms with Crippen LogP contribution >= 0.6 is 30.6 Å². The van der Waals surface area contributed by atoms with Crippen LogP contribution in [0.3, 0.4) is 0 Å². The first-order chi connectivity index (χ1) is 7.72. The molecule has 1 saturated heterocycles. The van der Waals surface area contributed by atoms with Crippen molar-refractivity contribution >= 4 is 30.6 Å². The largest absolute Gasteiger partial charge is 0.289 e. The first-order valence-corrected chi connectivity index (χ1v) is 8.74. The zero-order valence-electron chi connectivity index (χ0n) is 9.37. The zero-order chi connectivity index (χ0) is 11.6.